The first-order valence-corrected chi connectivity index (χ1v) is 5.86. The van der Waals surface area contributed by atoms with E-state index in [0.29, 0.717) is 5.92 Å². The molecule has 1 fully saturated rings. The molecule has 0 bridgehead atoms. The van der Waals surface area contributed by atoms with Crippen LogP contribution in [0.1, 0.15) is 24.5 Å². The summed E-state index contributed by atoms with van der Waals surface area (Å²) in [5, 5.41) is 4.16. The van der Waals surface area contributed by atoms with Crippen molar-refractivity contribution in [3.8, 4) is 10.6 Å². The maximum absolute atomic E-state index is 5.92. The number of hydrogen-bond acceptors (Lipinski definition) is 4. The monoisotopic (exact) mass is 220 g/mol. The Balaban J connectivity index is 2.15. The summed E-state index contributed by atoms with van der Waals surface area (Å²) < 4.78 is 1.83. The summed E-state index contributed by atoms with van der Waals surface area (Å²) in [6.07, 6.45) is 4.22. The van der Waals surface area contributed by atoms with Gasteiger partial charge in [0.15, 0.2) is 0 Å². The van der Waals surface area contributed by atoms with E-state index < -0.39 is 0 Å². The van der Waals surface area contributed by atoms with E-state index in [1.165, 1.54) is 23.4 Å². The molecule has 2 aromatic heterocycles. The topological polar surface area (TPSA) is 56.7 Å². The molecular weight excluding hydrogens is 208 g/mol. The van der Waals surface area contributed by atoms with Crippen LogP contribution in [0.5, 0.6) is 0 Å². The fourth-order valence-corrected chi connectivity index (χ4v) is 2.79. The van der Waals surface area contributed by atoms with Gasteiger partial charge in [0.1, 0.15) is 5.69 Å². The van der Waals surface area contributed by atoms with E-state index in [4.69, 9.17) is 5.73 Å². The Hall–Kier alpha value is -1.36. The predicted octanol–water partition coefficient (Wildman–Crippen LogP) is 2.00. The lowest BCUT2D eigenvalue weighted by molar-refractivity contribution is 0.776. The van der Waals surface area contributed by atoms with Gasteiger partial charge in [-0.05, 0) is 12.8 Å². The number of nitrogens with zero attached hydrogens (tertiary/aromatic N) is 3. The molecule has 1 aliphatic rings. The Kier molecular flexibility index (Phi) is 1.82. The zero-order valence-corrected chi connectivity index (χ0v) is 9.29. The molecule has 0 amide bonds. The molecule has 78 valence electrons. The minimum Gasteiger partial charge on any atom is -0.396 e. The smallest absolute Gasteiger partial charge is 0.103 e. The average molecular weight is 220 g/mol. The lowest BCUT2D eigenvalue weighted by atomic mass is 10.2. The molecule has 15 heavy (non-hydrogen) atoms. The van der Waals surface area contributed by atoms with Gasteiger partial charge in [-0.15, -0.1) is 11.3 Å². The molecule has 2 heterocycles. The van der Waals surface area contributed by atoms with Gasteiger partial charge in [0.2, 0.25) is 0 Å². The molecular formula is C10H12N4S. The van der Waals surface area contributed by atoms with Crippen LogP contribution in [0, 0.1) is 0 Å². The van der Waals surface area contributed by atoms with Gasteiger partial charge in [0, 0.05) is 13.0 Å². The molecule has 0 aromatic carbocycles. The molecule has 0 saturated heterocycles. The quantitative estimate of drug-likeness (QED) is 0.842. The third-order valence-corrected chi connectivity index (χ3v) is 3.59. The minimum atomic E-state index is 0.653. The largest absolute Gasteiger partial charge is 0.396 e. The molecule has 1 saturated carbocycles. The zero-order chi connectivity index (χ0) is 10.4. The standard InChI is InChI=1S/C10H12N4S/c1-14-9(7(11)4-13-14)10-8(6-2-3-6)12-5-15-10/h4-6H,2-3,11H2,1H3. The lowest BCUT2D eigenvalue weighted by Crippen LogP contribution is -1.96. The highest BCUT2D eigenvalue weighted by molar-refractivity contribution is 7.13. The van der Waals surface area contributed by atoms with Gasteiger partial charge >= 0.3 is 0 Å². The van der Waals surface area contributed by atoms with E-state index >= 15 is 0 Å². The molecule has 5 heteroatoms. The Bertz CT molecular complexity index is 476. The second-order valence-electron chi connectivity index (χ2n) is 3.91. The summed E-state index contributed by atoms with van der Waals surface area (Å²) in [5.41, 5.74) is 10.8. The van der Waals surface area contributed by atoms with Crippen molar-refractivity contribution in [1.82, 2.24) is 14.8 Å². The van der Waals surface area contributed by atoms with Crippen LogP contribution in [0.2, 0.25) is 0 Å². The molecule has 2 aromatic rings. The molecule has 1 aliphatic carbocycles. The second-order valence-corrected chi connectivity index (χ2v) is 4.77. The fourth-order valence-electron chi connectivity index (χ4n) is 1.81. The molecule has 2 N–H and O–H groups in total. The third kappa shape index (κ3) is 1.34. The summed E-state index contributed by atoms with van der Waals surface area (Å²) >= 11 is 1.65. The molecule has 0 spiro atoms. The van der Waals surface area contributed by atoms with Crippen LogP contribution in [0.4, 0.5) is 5.69 Å². The van der Waals surface area contributed by atoms with Gasteiger partial charge in [-0.25, -0.2) is 4.98 Å². The normalized spacial score (nSPS) is 15.8. The predicted molar refractivity (Wildman–Crippen MR) is 60.7 cm³/mol. The van der Waals surface area contributed by atoms with Crippen molar-refractivity contribution in [2.75, 3.05) is 5.73 Å². The van der Waals surface area contributed by atoms with Gasteiger partial charge in [-0.3, -0.25) is 4.68 Å². The zero-order valence-electron chi connectivity index (χ0n) is 8.47. The van der Waals surface area contributed by atoms with Crippen LogP contribution in [0.25, 0.3) is 10.6 Å². The lowest BCUT2D eigenvalue weighted by Gasteiger charge is -2.02. The third-order valence-electron chi connectivity index (χ3n) is 2.74. The maximum atomic E-state index is 5.92. The number of nitrogen functional groups attached to an aromatic ring is 1. The minimum absolute atomic E-state index is 0.653. The number of thiazole rings is 1. The van der Waals surface area contributed by atoms with Crippen molar-refractivity contribution in [2.24, 2.45) is 7.05 Å². The summed E-state index contributed by atoms with van der Waals surface area (Å²) in [6.45, 7) is 0. The maximum Gasteiger partial charge on any atom is 0.103 e. The Morgan fingerprint density at radius 2 is 2.33 bits per heavy atom. The summed E-state index contributed by atoms with van der Waals surface area (Å²) in [6, 6.07) is 0. The summed E-state index contributed by atoms with van der Waals surface area (Å²) in [4.78, 5) is 5.63. The number of nitrogens with two attached hydrogens (primary N) is 1. The molecule has 0 radical (unpaired) electrons. The molecule has 4 nitrogen and oxygen atoms in total. The van der Waals surface area contributed by atoms with E-state index in [9.17, 15) is 0 Å². The van der Waals surface area contributed by atoms with E-state index in [0.717, 1.165) is 11.4 Å². The highest BCUT2D eigenvalue weighted by atomic mass is 32.1. The molecule has 0 unspecified atom stereocenters. The van der Waals surface area contributed by atoms with Crippen molar-refractivity contribution >= 4 is 17.0 Å². The van der Waals surface area contributed by atoms with E-state index in [1.807, 2.05) is 17.2 Å². The number of rotatable bonds is 2. The van der Waals surface area contributed by atoms with Gasteiger partial charge in [0.25, 0.3) is 0 Å². The highest BCUT2D eigenvalue weighted by Gasteiger charge is 2.30. The number of aryl methyl sites for hydroxylation is 1. The van der Waals surface area contributed by atoms with Crippen molar-refractivity contribution < 1.29 is 0 Å². The van der Waals surface area contributed by atoms with Crippen LogP contribution in [0.3, 0.4) is 0 Å². The van der Waals surface area contributed by atoms with Crippen LogP contribution in [0.15, 0.2) is 11.7 Å². The van der Waals surface area contributed by atoms with Crippen molar-refractivity contribution in [3.63, 3.8) is 0 Å². The van der Waals surface area contributed by atoms with Gasteiger partial charge in [-0.2, -0.15) is 5.10 Å². The van der Waals surface area contributed by atoms with E-state index in [1.54, 1.807) is 17.5 Å². The van der Waals surface area contributed by atoms with Crippen molar-refractivity contribution in [1.29, 1.82) is 0 Å². The van der Waals surface area contributed by atoms with Gasteiger partial charge in [-0.1, -0.05) is 0 Å². The number of aromatic nitrogens is 3. The molecule has 0 aliphatic heterocycles. The van der Waals surface area contributed by atoms with Gasteiger partial charge in [0.05, 0.1) is 28.0 Å². The Morgan fingerprint density at radius 3 is 2.93 bits per heavy atom. The highest BCUT2D eigenvalue weighted by Crippen LogP contribution is 2.45. The Labute approximate surface area is 91.7 Å². The van der Waals surface area contributed by atoms with Crippen LogP contribution in [-0.2, 0) is 7.05 Å². The first-order valence-electron chi connectivity index (χ1n) is 4.98. The second kappa shape index (κ2) is 3.06. The Morgan fingerprint density at radius 1 is 1.53 bits per heavy atom. The first-order chi connectivity index (χ1) is 7.27. The van der Waals surface area contributed by atoms with Crippen molar-refractivity contribution in [3.05, 3.63) is 17.4 Å². The van der Waals surface area contributed by atoms with E-state index in [2.05, 4.69) is 10.1 Å². The van der Waals surface area contributed by atoms with Crippen molar-refractivity contribution in [2.45, 2.75) is 18.8 Å². The fraction of sp³-hybridized carbons (Fsp3) is 0.400. The van der Waals surface area contributed by atoms with Crippen LogP contribution < -0.4 is 5.73 Å². The average Bonchev–Trinajstić information content (AvgIpc) is 2.87. The molecule has 3 rings (SSSR count). The number of hydrogen-bond donors (Lipinski definition) is 1. The first kappa shape index (κ1) is 8.91. The SMILES string of the molecule is Cn1ncc(N)c1-c1scnc1C1CC1. The van der Waals surface area contributed by atoms with Crippen LogP contribution in [-0.4, -0.2) is 14.8 Å². The number of anilines is 1. The summed E-state index contributed by atoms with van der Waals surface area (Å²) in [5.74, 6) is 0.653. The summed E-state index contributed by atoms with van der Waals surface area (Å²) in [7, 11) is 1.92. The van der Waals surface area contributed by atoms with E-state index in [-0.39, 0.29) is 0 Å². The van der Waals surface area contributed by atoms with Crippen LogP contribution >= 0.6 is 11.3 Å². The van der Waals surface area contributed by atoms with Gasteiger partial charge < -0.3 is 5.73 Å². The molecule has 0 atom stereocenters.